The maximum atomic E-state index is 11.9. The van der Waals surface area contributed by atoms with Crippen molar-refractivity contribution in [2.45, 2.75) is 33.7 Å². The van der Waals surface area contributed by atoms with Crippen LogP contribution in [0.3, 0.4) is 0 Å². The summed E-state index contributed by atoms with van der Waals surface area (Å²) in [7, 11) is 0. The van der Waals surface area contributed by atoms with Gasteiger partial charge in [0.25, 0.3) is 0 Å². The molecule has 0 bridgehead atoms. The van der Waals surface area contributed by atoms with E-state index >= 15 is 0 Å². The minimum atomic E-state index is 0.239. The van der Waals surface area contributed by atoms with Gasteiger partial charge in [0, 0.05) is 38.8 Å². The van der Waals surface area contributed by atoms with Crippen molar-refractivity contribution in [3.8, 4) is 0 Å². The number of nitrogens with one attached hydrogen (secondary N) is 1. The first-order valence-electron chi connectivity index (χ1n) is 6.72. The van der Waals surface area contributed by atoms with Crippen LogP contribution in [0.5, 0.6) is 0 Å². The Morgan fingerprint density at radius 3 is 2.18 bits per heavy atom. The second-order valence-electron chi connectivity index (χ2n) is 5.61. The molecule has 0 spiro atoms. The molecule has 1 fully saturated rings. The van der Waals surface area contributed by atoms with Crippen LogP contribution >= 0.6 is 0 Å². The van der Waals surface area contributed by atoms with Gasteiger partial charge in [0.1, 0.15) is 0 Å². The van der Waals surface area contributed by atoms with Gasteiger partial charge < -0.3 is 10.2 Å². The summed E-state index contributed by atoms with van der Waals surface area (Å²) in [4.78, 5) is 16.3. The van der Waals surface area contributed by atoms with Gasteiger partial charge in [-0.3, -0.25) is 9.69 Å². The van der Waals surface area contributed by atoms with Gasteiger partial charge in [0.15, 0.2) is 0 Å². The van der Waals surface area contributed by atoms with E-state index in [4.69, 9.17) is 0 Å². The number of amides is 1. The van der Waals surface area contributed by atoms with E-state index in [0.717, 1.165) is 32.7 Å². The number of hydrogen-bond donors (Lipinski definition) is 1. The molecule has 1 N–H and O–H groups in total. The highest BCUT2D eigenvalue weighted by Crippen LogP contribution is 2.05. The fraction of sp³-hybridized carbons (Fsp3) is 0.923. The van der Waals surface area contributed by atoms with Gasteiger partial charge in [-0.2, -0.15) is 0 Å². The first-order valence-corrected chi connectivity index (χ1v) is 6.72. The molecule has 0 aliphatic carbocycles. The highest BCUT2D eigenvalue weighted by atomic mass is 16.2. The van der Waals surface area contributed by atoms with Gasteiger partial charge in [0.2, 0.25) is 5.91 Å². The molecule has 1 rings (SSSR count). The Morgan fingerprint density at radius 2 is 1.71 bits per heavy atom. The lowest BCUT2D eigenvalue weighted by atomic mass is 10.2. The van der Waals surface area contributed by atoms with Crippen LogP contribution in [0.1, 0.15) is 27.7 Å². The third-order valence-corrected chi connectivity index (χ3v) is 3.01. The van der Waals surface area contributed by atoms with Crippen molar-refractivity contribution in [2.24, 2.45) is 5.92 Å². The zero-order chi connectivity index (χ0) is 12.8. The first-order chi connectivity index (χ1) is 7.99. The van der Waals surface area contributed by atoms with Crippen LogP contribution in [0.2, 0.25) is 0 Å². The molecule has 0 aromatic heterocycles. The van der Waals surface area contributed by atoms with Crippen LogP contribution < -0.4 is 5.32 Å². The van der Waals surface area contributed by atoms with Crippen molar-refractivity contribution in [1.82, 2.24) is 15.1 Å². The standard InChI is InChI=1S/C13H27N3O/c1-11(2)10-15-5-7-16(8-6-15)13(17)9-14-12(3)4/h11-12,14H,5-10H2,1-4H3. The topological polar surface area (TPSA) is 35.6 Å². The Kier molecular flexibility index (Phi) is 5.92. The molecule has 4 nitrogen and oxygen atoms in total. The average Bonchev–Trinajstić information content (AvgIpc) is 2.26. The summed E-state index contributed by atoms with van der Waals surface area (Å²) in [6.45, 7) is 14.0. The van der Waals surface area contributed by atoms with Gasteiger partial charge in [-0.05, 0) is 5.92 Å². The van der Waals surface area contributed by atoms with Gasteiger partial charge in [-0.15, -0.1) is 0 Å². The van der Waals surface area contributed by atoms with E-state index in [9.17, 15) is 4.79 Å². The predicted octanol–water partition coefficient (Wildman–Crippen LogP) is 0.785. The van der Waals surface area contributed by atoms with E-state index < -0.39 is 0 Å². The van der Waals surface area contributed by atoms with Gasteiger partial charge in [0.05, 0.1) is 6.54 Å². The molecule has 1 saturated heterocycles. The molecule has 0 unspecified atom stereocenters. The van der Waals surface area contributed by atoms with Crippen molar-refractivity contribution in [1.29, 1.82) is 0 Å². The highest BCUT2D eigenvalue weighted by Gasteiger charge is 2.20. The fourth-order valence-electron chi connectivity index (χ4n) is 2.10. The number of carbonyl (C=O) groups is 1. The molecule has 17 heavy (non-hydrogen) atoms. The number of piperazine rings is 1. The van der Waals surface area contributed by atoms with Crippen molar-refractivity contribution in [3.63, 3.8) is 0 Å². The maximum Gasteiger partial charge on any atom is 0.236 e. The summed E-state index contributed by atoms with van der Waals surface area (Å²) in [5.41, 5.74) is 0. The Balaban J connectivity index is 2.24. The summed E-state index contributed by atoms with van der Waals surface area (Å²) in [6.07, 6.45) is 0. The second-order valence-corrected chi connectivity index (χ2v) is 5.61. The maximum absolute atomic E-state index is 11.9. The Bertz CT molecular complexity index is 233. The minimum absolute atomic E-state index is 0.239. The molecule has 1 aliphatic rings. The van der Waals surface area contributed by atoms with E-state index in [1.54, 1.807) is 0 Å². The van der Waals surface area contributed by atoms with E-state index in [0.29, 0.717) is 18.5 Å². The van der Waals surface area contributed by atoms with Crippen LogP contribution in [-0.4, -0.2) is 61.0 Å². The van der Waals surface area contributed by atoms with Gasteiger partial charge in [-0.25, -0.2) is 0 Å². The lowest BCUT2D eigenvalue weighted by Gasteiger charge is -2.35. The zero-order valence-electron chi connectivity index (χ0n) is 11.7. The summed E-state index contributed by atoms with van der Waals surface area (Å²) < 4.78 is 0. The van der Waals surface area contributed by atoms with Crippen molar-refractivity contribution < 1.29 is 4.79 Å². The number of hydrogen-bond acceptors (Lipinski definition) is 3. The highest BCUT2D eigenvalue weighted by molar-refractivity contribution is 5.78. The fourth-order valence-corrected chi connectivity index (χ4v) is 2.10. The molecular weight excluding hydrogens is 214 g/mol. The summed E-state index contributed by atoms with van der Waals surface area (Å²) in [5.74, 6) is 0.947. The Labute approximate surface area is 105 Å². The molecule has 0 saturated carbocycles. The lowest BCUT2D eigenvalue weighted by Crippen LogP contribution is -2.51. The molecule has 1 amide bonds. The molecule has 0 radical (unpaired) electrons. The first kappa shape index (κ1) is 14.5. The quantitative estimate of drug-likeness (QED) is 0.773. The van der Waals surface area contributed by atoms with E-state index in [-0.39, 0.29) is 5.91 Å². The van der Waals surface area contributed by atoms with E-state index in [2.05, 4.69) is 37.9 Å². The van der Waals surface area contributed by atoms with Crippen molar-refractivity contribution in [2.75, 3.05) is 39.3 Å². The third kappa shape index (κ3) is 5.50. The van der Waals surface area contributed by atoms with Crippen molar-refractivity contribution in [3.05, 3.63) is 0 Å². The smallest absolute Gasteiger partial charge is 0.236 e. The molecule has 4 heteroatoms. The normalized spacial score (nSPS) is 18.1. The molecule has 1 heterocycles. The van der Waals surface area contributed by atoms with Crippen LogP contribution in [0.25, 0.3) is 0 Å². The van der Waals surface area contributed by atoms with E-state index in [1.165, 1.54) is 0 Å². The molecular formula is C13H27N3O. The van der Waals surface area contributed by atoms with Crippen LogP contribution in [-0.2, 0) is 4.79 Å². The molecule has 0 aromatic rings. The van der Waals surface area contributed by atoms with Crippen LogP contribution in [0, 0.1) is 5.92 Å². The predicted molar refractivity (Wildman–Crippen MR) is 71.0 cm³/mol. The molecule has 1 aliphatic heterocycles. The van der Waals surface area contributed by atoms with Crippen molar-refractivity contribution >= 4 is 5.91 Å². The van der Waals surface area contributed by atoms with E-state index in [1.807, 2.05) is 4.90 Å². The third-order valence-electron chi connectivity index (χ3n) is 3.01. The largest absolute Gasteiger partial charge is 0.339 e. The molecule has 0 atom stereocenters. The monoisotopic (exact) mass is 241 g/mol. The number of nitrogens with zero attached hydrogens (tertiary/aromatic N) is 2. The SMILES string of the molecule is CC(C)CN1CCN(C(=O)CNC(C)C)CC1. The number of carbonyl (C=O) groups excluding carboxylic acids is 1. The van der Waals surface area contributed by atoms with Gasteiger partial charge in [-0.1, -0.05) is 27.7 Å². The summed E-state index contributed by atoms with van der Waals surface area (Å²) in [6, 6.07) is 0.376. The van der Waals surface area contributed by atoms with Gasteiger partial charge >= 0.3 is 0 Å². The Morgan fingerprint density at radius 1 is 1.12 bits per heavy atom. The summed E-state index contributed by atoms with van der Waals surface area (Å²) in [5, 5.41) is 3.18. The summed E-state index contributed by atoms with van der Waals surface area (Å²) >= 11 is 0. The lowest BCUT2D eigenvalue weighted by molar-refractivity contribution is -0.132. The minimum Gasteiger partial charge on any atom is -0.339 e. The Hall–Kier alpha value is -0.610. The molecule has 100 valence electrons. The average molecular weight is 241 g/mol. The molecule has 0 aromatic carbocycles. The number of rotatable bonds is 5. The second kappa shape index (κ2) is 6.97. The zero-order valence-corrected chi connectivity index (χ0v) is 11.7. The van der Waals surface area contributed by atoms with Crippen LogP contribution in [0.4, 0.5) is 0 Å². The van der Waals surface area contributed by atoms with Crippen LogP contribution in [0.15, 0.2) is 0 Å².